The first-order chi connectivity index (χ1) is 7.75. The van der Waals surface area contributed by atoms with Gasteiger partial charge in [-0.25, -0.2) is 0 Å². The summed E-state index contributed by atoms with van der Waals surface area (Å²) in [6, 6.07) is 9.76. The maximum atomic E-state index is 11.9. The molecule has 4 N–H and O–H groups in total. The van der Waals surface area contributed by atoms with Gasteiger partial charge in [-0.15, -0.1) is 12.4 Å². The van der Waals surface area contributed by atoms with Gasteiger partial charge in [0.2, 0.25) is 0 Å². The molecule has 1 radical (unpaired) electrons. The topological polar surface area (TPSA) is 86.5 Å². The summed E-state index contributed by atoms with van der Waals surface area (Å²) in [5, 5.41) is 0. The Hall–Kier alpha value is -1.08. The molecule has 0 aromatic heterocycles. The molecule has 1 aliphatic heterocycles. The van der Waals surface area contributed by atoms with Gasteiger partial charge >= 0.3 is 0 Å². The third-order valence-electron chi connectivity index (χ3n) is 2.90. The predicted octanol–water partition coefficient (Wildman–Crippen LogP) is -0.844. The molecule has 1 aromatic rings. The first-order valence-electron chi connectivity index (χ1n) is 5.63. The number of benzene rings is 1. The molecule has 0 bridgehead atoms. The number of hydrogen-bond donors (Lipinski definition) is 0. The molecule has 7 heteroatoms. The Bertz CT molecular complexity index is 359. The zero-order valence-corrected chi connectivity index (χ0v) is 11.8. The summed E-state index contributed by atoms with van der Waals surface area (Å²) < 4.78 is 0. The molecule has 0 aliphatic carbocycles. The molecule has 0 unspecified atom stereocenters. The molecular formula is C12H21BClN2O3. The van der Waals surface area contributed by atoms with E-state index in [-0.39, 0.29) is 29.2 Å². The van der Waals surface area contributed by atoms with Gasteiger partial charge < -0.3 is 20.8 Å². The second-order valence-corrected chi connectivity index (χ2v) is 4.18. The van der Waals surface area contributed by atoms with E-state index in [2.05, 4.69) is 11.9 Å². The summed E-state index contributed by atoms with van der Waals surface area (Å²) in [5.74, 6) is 0.124. The highest BCUT2D eigenvalue weighted by atomic mass is 35.5. The minimum absolute atomic E-state index is 0. The molecule has 19 heavy (non-hydrogen) atoms. The molecule has 0 spiro atoms. The van der Waals surface area contributed by atoms with Crippen molar-refractivity contribution in [1.82, 2.24) is 9.80 Å². The lowest BCUT2D eigenvalue weighted by atomic mass is 9.69. The Labute approximate surface area is 120 Å². The molecule has 1 fully saturated rings. The third-order valence-corrected chi connectivity index (χ3v) is 2.90. The molecule has 5 nitrogen and oxygen atoms in total. The van der Waals surface area contributed by atoms with Gasteiger partial charge in [-0.1, -0.05) is 35.8 Å². The number of carbonyl (C=O) groups is 1. The third kappa shape index (κ3) is 6.07. The first-order valence-corrected chi connectivity index (χ1v) is 5.63. The van der Waals surface area contributed by atoms with Crippen LogP contribution in [-0.2, 0) is 0 Å². The van der Waals surface area contributed by atoms with E-state index in [1.165, 1.54) is 0 Å². The van der Waals surface area contributed by atoms with Gasteiger partial charge in [0.1, 0.15) is 0 Å². The Balaban J connectivity index is 0. The Morgan fingerprint density at radius 1 is 1.05 bits per heavy atom. The van der Waals surface area contributed by atoms with Crippen molar-refractivity contribution < 1.29 is 15.7 Å². The lowest BCUT2D eigenvalue weighted by molar-refractivity contribution is 0.171. The molecule has 1 amide bonds. The van der Waals surface area contributed by atoms with Gasteiger partial charge in [-0.05, 0) is 7.05 Å². The largest absolute Gasteiger partial charge is 0.412 e. The van der Waals surface area contributed by atoms with E-state index in [1.807, 2.05) is 35.2 Å². The van der Waals surface area contributed by atoms with E-state index in [1.54, 1.807) is 7.28 Å². The average Bonchev–Trinajstić information content (AvgIpc) is 2.31. The van der Waals surface area contributed by atoms with Crippen LogP contribution < -0.4 is 5.46 Å². The smallest absolute Gasteiger partial charge is 0.271 e. The maximum absolute atomic E-state index is 11.9. The predicted molar refractivity (Wildman–Crippen MR) is 80.8 cm³/mol. The van der Waals surface area contributed by atoms with Gasteiger partial charge in [0.05, 0.1) is 0 Å². The highest BCUT2D eigenvalue weighted by Gasteiger charge is 2.19. The number of nitrogens with zero attached hydrogens (tertiary/aromatic N) is 2. The molecule has 1 heterocycles. The van der Waals surface area contributed by atoms with Crippen LogP contribution in [-0.4, -0.2) is 67.1 Å². The van der Waals surface area contributed by atoms with Crippen molar-refractivity contribution in [2.75, 3.05) is 33.2 Å². The van der Waals surface area contributed by atoms with E-state index >= 15 is 0 Å². The second kappa shape index (κ2) is 9.80. The van der Waals surface area contributed by atoms with Crippen LogP contribution in [0, 0.1) is 0 Å². The Morgan fingerprint density at radius 3 is 2.11 bits per heavy atom. The fourth-order valence-electron chi connectivity index (χ4n) is 1.81. The van der Waals surface area contributed by atoms with Gasteiger partial charge in [-0.2, -0.15) is 0 Å². The number of rotatable bonds is 2. The van der Waals surface area contributed by atoms with Crippen LogP contribution in [0.25, 0.3) is 0 Å². The molecule has 1 aromatic carbocycles. The maximum Gasteiger partial charge on any atom is 0.271 e. The van der Waals surface area contributed by atoms with Crippen molar-refractivity contribution in [2.24, 2.45) is 0 Å². The first kappa shape index (κ1) is 20.2. The fourth-order valence-corrected chi connectivity index (χ4v) is 1.81. The highest BCUT2D eigenvalue weighted by molar-refractivity contribution is 6.83. The number of halogens is 1. The van der Waals surface area contributed by atoms with Gasteiger partial charge in [-0.3, -0.25) is 4.79 Å². The van der Waals surface area contributed by atoms with Crippen molar-refractivity contribution in [2.45, 2.75) is 0 Å². The van der Waals surface area contributed by atoms with Crippen molar-refractivity contribution in [3.05, 3.63) is 30.3 Å². The summed E-state index contributed by atoms with van der Waals surface area (Å²) in [7, 11) is 3.80. The molecule has 1 aliphatic rings. The highest BCUT2D eigenvalue weighted by Crippen LogP contribution is 2.00. The number of hydrogen-bond acceptors (Lipinski definition) is 2. The van der Waals surface area contributed by atoms with Crippen LogP contribution in [0.3, 0.4) is 0 Å². The van der Waals surface area contributed by atoms with E-state index in [0.717, 1.165) is 31.6 Å². The van der Waals surface area contributed by atoms with Crippen molar-refractivity contribution in [1.29, 1.82) is 0 Å². The zero-order chi connectivity index (χ0) is 11.4. The summed E-state index contributed by atoms with van der Waals surface area (Å²) in [5.41, 5.74) is 0.978. The standard InChI is InChI=1S/C12H16BN2O.ClH.2H2O/c1-14-7-9-15(10-8-14)12(16)13-11-5-3-2-4-6-11;;;/h2-6H,7-10H2,1H3;1H;2*1H2. The summed E-state index contributed by atoms with van der Waals surface area (Å²) >= 11 is 0. The molecule has 107 valence electrons. The van der Waals surface area contributed by atoms with Crippen LogP contribution in [0.15, 0.2) is 30.3 Å². The second-order valence-electron chi connectivity index (χ2n) is 4.18. The van der Waals surface area contributed by atoms with E-state index in [0.29, 0.717) is 0 Å². The molecule has 2 rings (SSSR count). The number of piperazine rings is 1. The van der Waals surface area contributed by atoms with Crippen molar-refractivity contribution >= 4 is 31.0 Å². The molecule has 1 saturated heterocycles. The number of carbonyl (C=O) groups excluding carboxylic acids is 1. The minimum Gasteiger partial charge on any atom is -0.412 e. The van der Waals surface area contributed by atoms with E-state index in [9.17, 15) is 4.79 Å². The summed E-state index contributed by atoms with van der Waals surface area (Å²) in [6.45, 7) is 3.60. The normalized spacial score (nSPS) is 14.5. The van der Waals surface area contributed by atoms with Gasteiger partial charge in [0.15, 0.2) is 5.81 Å². The average molecular weight is 288 g/mol. The monoisotopic (exact) mass is 287 g/mol. The van der Waals surface area contributed by atoms with Crippen LogP contribution in [0.5, 0.6) is 0 Å². The van der Waals surface area contributed by atoms with Crippen LogP contribution in [0.2, 0.25) is 0 Å². The number of likely N-dealkylation sites (N-methyl/N-ethyl adjacent to an activating group) is 1. The SMILES string of the molecule is CN1CCN(C(=O)[B]c2ccccc2)CC1.Cl.O.O. The fraction of sp³-hybridized carbons (Fsp3) is 0.417. The van der Waals surface area contributed by atoms with E-state index < -0.39 is 0 Å². The quantitative estimate of drug-likeness (QED) is 0.664. The molecule has 0 atom stereocenters. The Morgan fingerprint density at radius 2 is 1.58 bits per heavy atom. The minimum atomic E-state index is 0. The zero-order valence-electron chi connectivity index (χ0n) is 11.0. The number of amides is 1. The lowest BCUT2D eigenvalue weighted by Crippen LogP contribution is -2.49. The summed E-state index contributed by atoms with van der Waals surface area (Å²) in [6.07, 6.45) is 0. The summed E-state index contributed by atoms with van der Waals surface area (Å²) in [4.78, 5) is 16.1. The van der Waals surface area contributed by atoms with Gasteiger partial charge in [0, 0.05) is 26.2 Å². The molecule has 0 saturated carbocycles. The lowest BCUT2D eigenvalue weighted by Gasteiger charge is -2.32. The van der Waals surface area contributed by atoms with E-state index in [4.69, 9.17) is 0 Å². The van der Waals surface area contributed by atoms with Gasteiger partial charge in [0.25, 0.3) is 7.28 Å². The Kier molecular flexibility index (Phi) is 10.4. The molecular weight excluding hydrogens is 266 g/mol. The van der Waals surface area contributed by atoms with Crippen molar-refractivity contribution in [3.63, 3.8) is 0 Å². The van der Waals surface area contributed by atoms with Crippen LogP contribution in [0.1, 0.15) is 0 Å². The van der Waals surface area contributed by atoms with Crippen LogP contribution >= 0.6 is 12.4 Å². The van der Waals surface area contributed by atoms with Crippen molar-refractivity contribution in [3.8, 4) is 0 Å². The van der Waals surface area contributed by atoms with Crippen LogP contribution in [0.4, 0.5) is 4.79 Å².